The van der Waals surface area contributed by atoms with Crippen LogP contribution < -0.4 is 5.32 Å². The smallest absolute Gasteiger partial charge is 0.115 e. The van der Waals surface area contributed by atoms with Crippen molar-refractivity contribution in [1.82, 2.24) is 4.98 Å². The van der Waals surface area contributed by atoms with Gasteiger partial charge in [0.05, 0.1) is 12.1 Å². The molecule has 4 nitrogen and oxygen atoms in total. The lowest BCUT2D eigenvalue weighted by molar-refractivity contribution is 0.133. The Hall–Kier alpha value is -2.59. The zero-order valence-corrected chi connectivity index (χ0v) is 17.7. The first-order valence-electron chi connectivity index (χ1n) is 11.3. The maximum atomic E-state index is 9.31. The number of hydrogen-bond acceptors (Lipinski definition) is 4. The van der Waals surface area contributed by atoms with Crippen molar-refractivity contribution in [3.05, 3.63) is 65.4 Å². The highest BCUT2D eigenvalue weighted by Crippen LogP contribution is 2.33. The minimum absolute atomic E-state index is 0.313. The minimum Gasteiger partial charge on any atom is -0.508 e. The Bertz CT molecular complexity index is 953. The third-order valence-electron chi connectivity index (χ3n) is 5.91. The Morgan fingerprint density at radius 1 is 0.900 bits per heavy atom. The van der Waals surface area contributed by atoms with Gasteiger partial charge in [0.25, 0.3) is 0 Å². The molecule has 0 spiro atoms. The van der Waals surface area contributed by atoms with Gasteiger partial charge in [-0.3, -0.25) is 4.98 Å². The van der Waals surface area contributed by atoms with E-state index in [1.165, 1.54) is 40.7 Å². The molecule has 0 radical (unpaired) electrons. The van der Waals surface area contributed by atoms with Crippen LogP contribution in [0.4, 0.5) is 5.69 Å². The van der Waals surface area contributed by atoms with Gasteiger partial charge in [0.2, 0.25) is 0 Å². The molecule has 2 aromatic carbocycles. The van der Waals surface area contributed by atoms with E-state index < -0.39 is 0 Å². The lowest BCUT2D eigenvalue weighted by atomic mass is 9.92. The number of benzene rings is 2. The lowest BCUT2D eigenvalue weighted by Gasteiger charge is -2.21. The van der Waals surface area contributed by atoms with Gasteiger partial charge < -0.3 is 15.2 Å². The fourth-order valence-electron chi connectivity index (χ4n) is 4.25. The van der Waals surface area contributed by atoms with Gasteiger partial charge in [-0.05, 0) is 80.7 Å². The molecule has 1 aliphatic rings. The number of phenols is 1. The van der Waals surface area contributed by atoms with Crippen LogP contribution in [0.3, 0.4) is 0 Å². The number of pyridine rings is 1. The molecular weight excluding hydrogens is 372 g/mol. The van der Waals surface area contributed by atoms with Gasteiger partial charge in [-0.25, -0.2) is 0 Å². The molecule has 0 aliphatic heterocycles. The number of nitrogens with one attached hydrogen (secondary N) is 1. The molecule has 2 N–H and O–H groups in total. The summed E-state index contributed by atoms with van der Waals surface area (Å²) in [7, 11) is 0. The number of aromatic nitrogens is 1. The Kier molecular flexibility index (Phi) is 7.20. The summed E-state index contributed by atoms with van der Waals surface area (Å²) < 4.78 is 5.77. The van der Waals surface area contributed by atoms with Crippen molar-refractivity contribution in [2.45, 2.75) is 51.4 Å². The first-order valence-corrected chi connectivity index (χ1v) is 11.3. The third kappa shape index (κ3) is 5.31. The fraction of sp³-hybridized carbons (Fsp3) is 0.423. The standard InChI is InChI=1S/C26H32N2O2/c29-21-14-12-20(13-15-21)16-19-30-18-7-1-6-17-27-26-22-8-2-4-10-24(22)28-25-11-5-3-9-23(25)26/h2,4,8,10,12-15,29H,1,3,5-7,9,11,16-19H2,(H,27,28). The second-order valence-electron chi connectivity index (χ2n) is 8.15. The molecule has 3 aromatic rings. The second-order valence-corrected chi connectivity index (χ2v) is 8.15. The summed E-state index contributed by atoms with van der Waals surface area (Å²) in [6.45, 7) is 2.54. The summed E-state index contributed by atoms with van der Waals surface area (Å²) in [5, 5.41) is 14.3. The molecule has 0 atom stereocenters. The number of aryl methyl sites for hydroxylation is 1. The fourth-order valence-corrected chi connectivity index (χ4v) is 4.25. The number of aromatic hydroxyl groups is 1. The number of rotatable bonds is 10. The molecule has 0 saturated heterocycles. The van der Waals surface area contributed by atoms with Crippen molar-refractivity contribution in [2.75, 3.05) is 25.1 Å². The van der Waals surface area contributed by atoms with E-state index in [-0.39, 0.29) is 0 Å². The van der Waals surface area contributed by atoms with Crippen LogP contribution in [0.1, 0.15) is 48.9 Å². The van der Waals surface area contributed by atoms with Crippen molar-refractivity contribution in [3.8, 4) is 5.75 Å². The Labute approximate surface area is 179 Å². The van der Waals surface area contributed by atoms with Crippen LogP contribution in [0.15, 0.2) is 48.5 Å². The van der Waals surface area contributed by atoms with Gasteiger partial charge in [0.1, 0.15) is 5.75 Å². The largest absolute Gasteiger partial charge is 0.508 e. The van der Waals surface area contributed by atoms with E-state index in [0.29, 0.717) is 5.75 Å². The Morgan fingerprint density at radius 3 is 2.63 bits per heavy atom. The summed E-state index contributed by atoms with van der Waals surface area (Å²) in [5.41, 5.74) is 6.37. The summed E-state index contributed by atoms with van der Waals surface area (Å²) >= 11 is 0. The average molecular weight is 405 g/mol. The number of fused-ring (bicyclic) bond motifs is 2. The molecule has 4 heteroatoms. The van der Waals surface area contributed by atoms with E-state index >= 15 is 0 Å². The first-order chi connectivity index (χ1) is 14.8. The molecule has 1 aromatic heterocycles. The number of phenolic OH excluding ortho intramolecular Hbond substituents is 1. The lowest BCUT2D eigenvalue weighted by Crippen LogP contribution is -2.12. The Balaban J connectivity index is 1.19. The molecule has 4 rings (SSSR count). The zero-order valence-electron chi connectivity index (χ0n) is 17.7. The number of para-hydroxylation sites is 1. The molecular formula is C26H32N2O2. The highest BCUT2D eigenvalue weighted by atomic mass is 16.5. The molecule has 0 saturated carbocycles. The van der Waals surface area contributed by atoms with E-state index in [9.17, 15) is 5.11 Å². The average Bonchev–Trinajstić information content (AvgIpc) is 2.78. The van der Waals surface area contributed by atoms with Crippen molar-refractivity contribution in [2.24, 2.45) is 0 Å². The molecule has 0 unspecified atom stereocenters. The molecule has 30 heavy (non-hydrogen) atoms. The van der Waals surface area contributed by atoms with Gasteiger partial charge in [-0.2, -0.15) is 0 Å². The van der Waals surface area contributed by atoms with E-state index in [1.807, 2.05) is 12.1 Å². The molecule has 158 valence electrons. The summed E-state index contributed by atoms with van der Waals surface area (Å²) in [4.78, 5) is 4.92. The van der Waals surface area contributed by atoms with Crippen molar-refractivity contribution >= 4 is 16.6 Å². The monoisotopic (exact) mass is 404 g/mol. The van der Waals surface area contributed by atoms with Crippen molar-refractivity contribution in [1.29, 1.82) is 0 Å². The van der Waals surface area contributed by atoms with E-state index in [4.69, 9.17) is 9.72 Å². The predicted molar refractivity (Wildman–Crippen MR) is 123 cm³/mol. The SMILES string of the molecule is Oc1ccc(CCOCCCCCNc2c3c(nc4ccccc24)CCCC3)cc1. The maximum absolute atomic E-state index is 9.31. The van der Waals surface area contributed by atoms with Crippen LogP contribution in [0, 0.1) is 0 Å². The topological polar surface area (TPSA) is 54.4 Å². The quantitative estimate of drug-likeness (QED) is 0.428. The Morgan fingerprint density at radius 2 is 1.73 bits per heavy atom. The molecule has 0 fully saturated rings. The number of hydrogen-bond donors (Lipinski definition) is 2. The van der Waals surface area contributed by atoms with Gasteiger partial charge >= 0.3 is 0 Å². The van der Waals surface area contributed by atoms with E-state index in [0.717, 1.165) is 63.8 Å². The normalized spacial score (nSPS) is 13.3. The van der Waals surface area contributed by atoms with Gasteiger partial charge in [0, 0.05) is 29.9 Å². The van der Waals surface area contributed by atoms with Crippen LogP contribution in [-0.4, -0.2) is 29.8 Å². The zero-order chi connectivity index (χ0) is 20.6. The molecule has 0 amide bonds. The predicted octanol–water partition coefficient (Wildman–Crippen LogP) is 5.66. The third-order valence-corrected chi connectivity index (χ3v) is 5.91. The minimum atomic E-state index is 0.313. The highest BCUT2D eigenvalue weighted by Gasteiger charge is 2.17. The van der Waals surface area contributed by atoms with Crippen LogP contribution in [0.5, 0.6) is 5.75 Å². The summed E-state index contributed by atoms with van der Waals surface area (Å²) in [6.07, 6.45) is 9.06. The molecule has 1 aliphatic carbocycles. The van der Waals surface area contributed by atoms with Gasteiger partial charge in [-0.1, -0.05) is 30.3 Å². The van der Waals surface area contributed by atoms with Gasteiger partial charge in [0.15, 0.2) is 0 Å². The van der Waals surface area contributed by atoms with Crippen LogP contribution in [0.2, 0.25) is 0 Å². The van der Waals surface area contributed by atoms with Gasteiger partial charge in [-0.15, -0.1) is 0 Å². The highest BCUT2D eigenvalue weighted by molar-refractivity contribution is 5.93. The summed E-state index contributed by atoms with van der Waals surface area (Å²) in [6, 6.07) is 15.9. The molecule has 0 bridgehead atoms. The van der Waals surface area contributed by atoms with E-state index in [2.05, 4.69) is 29.6 Å². The number of nitrogens with zero attached hydrogens (tertiary/aromatic N) is 1. The number of unbranched alkanes of at least 4 members (excludes halogenated alkanes) is 2. The first kappa shape index (κ1) is 20.7. The number of anilines is 1. The molecule has 1 heterocycles. The van der Waals surface area contributed by atoms with Crippen molar-refractivity contribution in [3.63, 3.8) is 0 Å². The number of ether oxygens (including phenoxy) is 1. The van der Waals surface area contributed by atoms with Crippen molar-refractivity contribution < 1.29 is 9.84 Å². The second kappa shape index (κ2) is 10.4. The maximum Gasteiger partial charge on any atom is 0.115 e. The van der Waals surface area contributed by atoms with E-state index in [1.54, 1.807) is 12.1 Å². The van der Waals surface area contributed by atoms with Crippen LogP contribution >= 0.6 is 0 Å². The van der Waals surface area contributed by atoms with Crippen LogP contribution in [-0.2, 0) is 24.0 Å². The summed E-state index contributed by atoms with van der Waals surface area (Å²) in [5.74, 6) is 0.313. The van der Waals surface area contributed by atoms with Crippen LogP contribution in [0.25, 0.3) is 10.9 Å².